The molecular formula is C24H34N2. The molecule has 0 unspecified atom stereocenters. The number of para-hydroxylation sites is 2. The number of rotatable bonds is 5. The van der Waals surface area contributed by atoms with Gasteiger partial charge in [-0.1, -0.05) is 77.9 Å². The molecule has 0 amide bonds. The van der Waals surface area contributed by atoms with Gasteiger partial charge in [-0.15, -0.1) is 0 Å². The van der Waals surface area contributed by atoms with E-state index in [0.29, 0.717) is 17.8 Å². The van der Waals surface area contributed by atoms with Gasteiger partial charge in [0.25, 0.3) is 0 Å². The fraction of sp³-hybridized carbons (Fsp3) is 0.500. The van der Waals surface area contributed by atoms with Crippen LogP contribution >= 0.6 is 0 Å². The van der Waals surface area contributed by atoms with Gasteiger partial charge in [0, 0.05) is 24.5 Å². The van der Waals surface area contributed by atoms with Crippen molar-refractivity contribution < 1.29 is 0 Å². The molecule has 0 radical (unpaired) electrons. The third-order valence-electron chi connectivity index (χ3n) is 5.54. The molecule has 2 aromatic carbocycles. The first kappa shape index (κ1) is 18.8. The Morgan fingerprint density at radius 2 is 1.12 bits per heavy atom. The smallest absolute Gasteiger partial charge is 0.0904 e. The number of nitrogens with zero attached hydrogens (tertiary/aromatic N) is 2. The van der Waals surface area contributed by atoms with Crippen molar-refractivity contribution in [2.45, 2.75) is 59.3 Å². The van der Waals surface area contributed by atoms with Crippen molar-refractivity contribution >= 4 is 11.4 Å². The van der Waals surface area contributed by atoms with E-state index in [1.54, 1.807) is 0 Å². The van der Waals surface area contributed by atoms with Crippen LogP contribution < -0.4 is 9.80 Å². The summed E-state index contributed by atoms with van der Waals surface area (Å²) >= 11 is 0. The molecule has 2 aromatic rings. The van der Waals surface area contributed by atoms with Crippen LogP contribution in [0.2, 0.25) is 0 Å². The molecule has 140 valence electrons. The van der Waals surface area contributed by atoms with E-state index in [0.717, 1.165) is 19.8 Å². The lowest BCUT2D eigenvalue weighted by atomic mass is 9.92. The molecule has 0 spiro atoms. The minimum atomic E-state index is 0.542. The summed E-state index contributed by atoms with van der Waals surface area (Å²) in [6, 6.07) is 15.8. The number of hydrogen-bond donors (Lipinski definition) is 0. The fourth-order valence-corrected chi connectivity index (χ4v) is 4.11. The minimum absolute atomic E-state index is 0.542. The maximum atomic E-state index is 2.60. The summed E-state index contributed by atoms with van der Waals surface area (Å²) in [5, 5.41) is 0. The first-order valence-electron chi connectivity index (χ1n) is 10.1. The van der Waals surface area contributed by atoms with Crippen LogP contribution in [0, 0.1) is 0 Å². The summed E-state index contributed by atoms with van der Waals surface area (Å²) in [6.07, 6.45) is 0. The topological polar surface area (TPSA) is 6.48 Å². The first-order chi connectivity index (χ1) is 12.4. The molecule has 2 heteroatoms. The highest BCUT2D eigenvalue weighted by Crippen LogP contribution is 2.38. The summed E-state index contributed by atoms with van der Waals surface area (Å²) < 4.78 is 0. The van der Waals surface area contributed by atoms with E-state index >= 15 is 0 Å². The van der Waals surface area contributed by atoms with Gasteiger partial charge in [-0.3, -0.25) is 0 Å². The zero-order chi connectivity index (χ0) is 18.8. The Morgan fingerprint density at radius 1 is 0.615 bits per heavy atom. The molecule has 1 heterocycles. The van der Waals surface area contributed by atoms with Crippen LogP contribution in [0.3, 0.4) is 0 Å². The Morgan fingerprint density at radius 3 is 1.69 bits per heavy atom. The van der Waals surface area contributed by atoms with Gasteiger partial charge in [0.15, 0.2) is 0 Å². The van der Waals surface area contributed by atoms with E-state index in [2.05, 4.69) is 93.8 Å². The van der Waals surface area contributed by atoms with Crippen LogP contribution in [0.5, 0.6) is 0 Å². The predicted molar refractivity (Wildman–Crippen MR) is 115 cm³/mol. The highest BCUT2D eigenvalue weighted by molar-refractivity contribution is 5.65. The summed E-state index contributed by atoms with van der Waals surface area (Å²) in [5.41, 5.74) is 7.29. The summed E-state index contributed by atoms with van der Waals surface area (Å²) in [5.74, 6) is 1.64. The zero-order valence-electron chi connectivity index (χ0n) is 17.3. The average molecular weight is 351 g/mol. The Bertz CT molecular complexity index is 719. The molecule has 0 aromatic heterocycles. The van der Waals surface area contributed by atoms with E-state index in [1.807, 2.05) is 0 Å². The van der Waals surface area contributed by atoms with E-state index in [9.17, 15) is 0 Å². The first-order valence-corrected chi connectivity index (χ1v) is 10.1. The molecule has 0 atom stereocenters. The molecule has 1 aliphatic rings. The lowest BCUT2D eigenvalue weighted by Crippen LogP contribution is -2.27. The molecule has 1 fully saturated rings. The lowest BCUT2D eigenvalue weighted by molar-refractivity contribution is 0.806. The minimum Gasteiger partial charge on any atom is -0.352 e. The van der Waals surface area contributed by atoms with Gasteiger partial charge in [0.05, 0.1) is 6.67 Å². The van der Waals surface area contributed by atoms with Gasteiger partial charge in [-0.2, -0.15) is 0 Å². The Balaban J connectivity index is 1.95. The van der Waals surface area contributed by atoms with Crippen molar-refractivity contribution in [2.24, 2.45) is 0 Å². The van der Waals surface area contributed by atoms with Crippen LogP contribution in [0.4, 0.5) is 11.4 Å². The third-order valence-corrected chi connectivity index (χ3v) is 5.54. The van der Waals surface area contributed by atoms with Crippen molar-refractivity contribution in [3.05, 3.63) is 59.2 Å². The second kappa shape index (κ2) is 7.73. The van der Waals surface area contributed by atoms with Crippen LogP contribution in [0.25, 0.3) is 0 Å². The third kappa shape index (κ3) is 3.60. The van der Waals surface area contributed by atoms with E-state index in [1.165, 1.54) is 28.1 Å². The Labute approximate surface area is 159 Å². The highest BCUT2D eigenvalue weighted by Gasteiger charge is 2.27. The summed E-state index contributed by atoms with van der Waals surface area (Å²) in [4.78, 5) is 5.15. The number of benzene rings is 2. The highest BCUT2D eigenvalue weighted by atomic mass is 15.4. The van der Waals surface area contributed by atoms with Crippen molar-refractivity contribution in [2.75, 3.05) is 29.6 Å². The molecule has 2 nitrogen and oxygen atoms in total. The van der Waals surface area contributed by atoms with Crippen LogP contribution in [0.1, 0.15) is 76.0 Å². The van der Waals surface area contributed by atoms with Crippen LogP contribution in [-0.4, -0.2) is 19.8 Å². The van der Waals surface area contributed by atoms with Gasteiger partial charge >= 0.3 is 0 Å². The zero-order valence-corrected chi connectivity index (χ0v) is 17.3. The van der Waals surface area contributed by atoms with Gasteiger partial charge in [0.1, 0.15) is 0 Å². The van der Waals surface area contributed by atoms with E-state index < -0.39 is 0 Å². The molecule has 0 saturated carbocycles. The van der Waals surface area contributed by atoms with Crippen LogP contribution in [-0.2, 0) is 0 Å². The normalized spacial score (nSPS) is 15.0. The van der Waals surface area contributed by atoms with Gasteiger partial charge < -0.3 is 9.80 Å². The molecule has 1 saturated heterocycles. The maximum Gasteiger partial charge on any atom is 0.0904 e. The maximum absolute atomic E-state index is 2.60. The average Bonchev–Trinajstić information content (AvgIpc) is 3.10. The van der Waals surface area contributed by atoms with Crippen molar-refractivity contribution in [3.63, 3.8) is 0 Å². The molecule has 1 aliphatic heterocycles. The predicted octanol–water partition coefficient (Wildman–Crippen LogP) is 6.34. The lowest BCUT2D eigenvalue weighted by Gasteiger charge is -2.29. The standard InChI is InChI=1S/C24H34N2/c1-17(2)20-10-7-8-13-23(20)25-14-15-26(16-25)24-21(18(3)4)11-9-12-22(24)19(5)6/h7-13,17-19H,14-16H2,1-6H3. The van der Waals surface area contributed by atoms with Crippen molar-refractivity contribution in [1.82, 2.24) is 0 Å². The van der Waals surface area contributed by atoms with Gasteiger partial charge in [-0.05, 0) is 40.5 Å². The van der Waals surface area contributed by atoms with Gasteiger partial charge in [-0.25, -0.2) is 0 Å². The molecule has 0 bridgehead atoms. The summed E-state index contributed by atoms with van der Waals surface area (Å²) in [6.45, 7) is 17.0. The SMILES string of the molecule is CC(C)c1ccccc1N1CCN(c2c(C(C)C)cccc2C(C)C)C1. The Hall–Kier alpha value is -1.96. The molecular weight excluding hydrogens is 316 g/mol. The summed E-state index contributed by atoms with van der Waals surface area (Å²) in [7, 11) is 0. The largest absolute Gasteiger partial charge is 0.352 e. The molecule has 0 N–H and O–H groups in total. The monoisotopic (exact) mass is 350 g/mol. The van der Waals surface area contributed by atoms with Gasteiger partial charge in [0.2, 0.25) is 0 Å². The second-order valence-corrected chi connectivity index (χ2v) is 8.48. The van der Waals surface area contributed by atoms with E-state index in [4.69, 9.17) is 0 Å². The van der Waals surface area contributed by atoms with E-state index in [-0.39, 0.29) is 0 Å². The van der Waals surface area contributed by atoms with Crippen LogP contribution in [0.15, 0.2) is 42.5 Å². The second-order valence-electron chi connectivity index (χ2n) is 8.48. The van der Waals surface area contributed by atoms with Crippen molar-refractivity contribution in [3.8, 4) is 0 Å². The molecule has 3 rings (SSSR count). The number of hydrogen-bond acceptors (Lipinski definition) is 2. The Kier molecular flexibility index (Phi) is 5.60. The van der Waals surface area contributed by atoms with Crippen molar-refractivity contribution in [1.29, 1.82) is 0 Å². The quantitative estimate of drug-likeness (QED) is 0.620. The molecule has 26 heavy (non-hydrogen) atoms. The number of anilines is 2. The fourth-order valence-electron chi connectivity index (χ4n) is 4.11. The molecule has 0 aliphatic carbocycles.